The first-order chi connectivity index (χ1) is 7.58. The minimum absolute atomic E-state index is 0.00375. The quantitative estimate of drug-likeness (QED) is 0.279. The number of aromatic nitrogens is 3. The molecule has 0 spiro atoms. The fraction of sp³-hybridized carbons (Fsp3) is 0.625. The number of carbonyl (C=O) groups is 1. The van der Waals surface area contributed by atoms with Gasteiger partial charge in [0.05, 0.1) is 0 Å². The zero-order valence-electron chi connectivity index (χ0n) is 9.19. The highest BCUT2D eigenvalue weighted by molar-refractivity contribution is 7.99. The summed E-state index contributed by atoms with van der Waals surface area (Å²) in [7, 11) is 0. The molecular weight excluding hydrogens is 230 g/mol. The molecule has 1 rings (SSSR count). The van der Waals surface area contributed by atoms with E-state index in [1.54, 1.807) is 0 Å². The van der Waals surface area contributed by atoms with Gasteiger partial charge in [-0.1, -0.05) is 18.7 Å². The van der Waals surface area contributed by atoms with Crippen LogP contribution in [0.1, 0.15) is 20.3 Å². The summed E-state index contributed by atoms with van der Waals surface area (Å²) in [6.45, 7) is 4.28. The number of hydrogen-bond donors (Lipinski definition) is 3. The fourth-order valence-corrected chi connectivity index (χ4v) is 2.25. The molecule has 1 aromatic rings. The molecule has 7 nitrogen and oxygen atoms in total. The summed E-state index contributed by atoms with van der Waals surface area (Å²) in [5, 5.41) is 6.85. The molecule has 0 radical (unpaired) electrons. The van der Waals surface area contributed by atoms with Gasteiger partial charge < -0.3 is 0 Å². The Labute approximate surface area is 96.8 Å². The van der Waals surface area contributed by atoms with Gasteiger partial charge in [0.2, 0.25) is 5.91 Å². The third-order valence-corrected chi connectivity index (χ3v) is 3.07. The minimum Gasteiger partial charge on any atom is -0.294 e. The third kappa shape index (κ3) is 3.11. The lowest BCUT2D eigenvalue weighted by atomic mass is 10.3. The molecule has 0 saturated carbocycles. The van der Waals surface area contributed by atoms with Crippen LogP contribution in [0.25, 0.3) is 0 Å². The van der Waals surface area contributed by atoms with Crippen molar-refractivity contribution < 1.29 is 4.79 Å². The van der Waals surface area contributed by atoms with Crippen molar-refractivity contribution in [1.82, 2.24) is 20.2 Å². The molecule has 1 unspecified atom stereocenters. The van der Waals surface area contributed by atoms with Gasteiger partial charge in [-0.25, -0.2) is 15.7 Å². The Balaban J connectivity index is 2.65. The summed E-state index contributed by atoms with van der Waals surface area (Å²) < 4.78 is 1.52. The fourth-order valence-electron chi connectivity index (χ4n) is 1.21. The highest BCUT2D eigenvalue weighted by Crippen LogP contribution is 2.21. The molecule has 1 heterocycles. The van der Waals surface area contributed by atoms with Crippen molar-refractivity contribution in [3.05, 3.63) is 10.5 Å². The summed E-state index contributed by atoms with van der Waals surface area (Å²) in [6.07, 6.45) is 0.284. The molecule has 16 heavy (non-hydrogen) atoms. The molecular formula is C8H15N5O2S. The number of nitrogens with two attached hydrogens (primary N) is 1. The van der Waals surface area contributed by atoms with Gasteiger partial charge in [-0.2, -0.15) is 0 Å². The van der Waals surface area contributed by atoms with Crippen LogP contribution in [0.3, 0.4) is 0 Å². The van der Waals surface area contributed by atoms with E-state index in [1.165, 1.54) is 16.3 Å². The van der Waals surface area contributed by atoms with Crippen LogP contribution in [0.4, 0.5) is 0 Å². The number of nitrogens with one attached hydrogen (secondary N) is 2. The van der Waals surface area contributed by atoms with Gasteiger partial charge in [0, 0.05) is 18.2 Å². The van der Waals surface area contributed by atoms with Crippen LogP contribution in [-0.4, -0.2) is 25.9 Å². The summed E-state index contributed by atoms with van der Waals surface area (Å²) in [6, 6.07) is 0. The van der Waals surface area contributed by atoms with Crippen molar-refractivity contribution in [3.8, 4) is 0 Å². The number of aromatic amines is 1. The van der Waals surface area contributed by atoms with Crippen LogP contribution in [0.15, 0.2) is 9.95 Å². The molecule has 0 aliphatic rings. The number of amides is 1. The van der Waals surface area contributed by atoms with Gasteiger partial charge in [-0.3, -0.25) is 14.8 Å². The van der Waals surface area contributed by atoms with Crippen molar-refractivity contribution >= 4 is 17.7 Å². The second-order valence-corrected chi connectivity index (χ2v) is 4.66. The molecule has 4 N–H and O–H groups in total. The van der Waals surface area contributed by atoms with Gasteiger partial charge in [0.15, 0.2) is 5.16 Å². The van der Waals surface area contributed by atoms with Crippen LogP contribution in [-0.2, 0) is 11.3 Å². The number of hydrazine groups is 1. The maximum Gasteiger partial charge on any atom is 0.343 e. The molecule has 8 heteroatoms. The summed E-state index contributed by atoms with van der Waals surface area (Å²) in [5.74, 6) is 4.75. The van der Waals surface area contributed by atoms with E-state index < -0.39 is 0 Å². The summed E-state index contributed by atoms with van der Waals surface area (Å²) in [4.78, 5) is 22.3. The van der Waals surface area contributed by atoms with Crippen LogP contribution >= 0.6 is 11.8 Å². The van der Waals surface area contributed by atoms with Crippen molar-refractivity contribution in [2.75, 3.05) is 0 Å². The molecule has 1 aromatic heterocycles. The maximum absolute atomic E-state index is 11.3. The number of hydrogen-bond acceptors (Lipinski definition) is 5. The minimum atomic E-state index is -0.236. The number of carbonyl (C=O) groups excluding carboxylic acids is 1. The number of nitrogens with zero attached hydrogens (tertiary/aromatic N) is 2. The van der Waals surface area contributed by atoms with E-state index >= 15 is 0 Å². The second kappa shape index (κ2) is 5.71. The Morgan fingerprint density at radius 2 is 2.44 bits per heavy atom. The number of H-pyrrole nitrogens is 1. The lowest BCUT2D eigenvalue weighted by molar-refractivity contribution is -0.121. The molecule has 0 aliphatic heterocycles. The highest BCUT2D eigenvalue weighted by atomic mass is 32.2. The molecule has 0 bridgehead atoms. The van der Waals surface area contributed by atoms with Gasteiger partial charge in [0.1, 0.15) is 0 Å². The van der Waals surface area contributed by atoms with Crippen LogP contribution in [0.5, 0.6) is 0 Å². The van der Waals surface area contributed by atoms with Crippen LogP contribution < -0.4 is 17.0 Å². The van der Waals surface area contributed by atoms with Crippen molar-refractivity contribution in [1.29, 1.82) is 0 Å². The van der Waals surface area contributed by atoms with Crippen molar-refractivity contribution in [2.24, 2.45) is 5.84 Å². The largest absolute Gasteiger partial charge is 0.343 e. The van der Waals surface area contributed by atoms with E-state index in [2.05, 4.69) is 15.6 Å². The molecule has 90 valence electrons. The predicted octanol–water partition coefficient (Wildman–Crippen LogP) is -0.548. The first kappa shape index (κ1) is 12.8. The Kier molecular flexibility index (Phi) is 4.56. The van der Waals surface area contributed by atoms with Gasteiger partial charge >= 0.3 is 5.69 Å². The van der Waals surface area contributed by atoms with Gasteiger partial charge in [-0.15, -0.1) is 5.10 Å². The average molecular weight is 245 g/mol. The Hall–Kier alpha value is -1.28. The average Bonchev–Trinajstić information content (AvgIpc) is 2.58. The first-order valence-electron chi connectivity index (χ1n) is 4.89. The van der Waals surface area contributed by atoms with Crippen LogP contribution in [0.2, 0.25) is 0 Å². The Morgan fingerprint density at radius 1 is 1.75 bits per heavy atom. The molecule has 0 aromatic carbocycles. The lowest BCUT2D eigenvalue weighted by Crippen LogP contribution is -2.31. The molecule has 0 aliphatic carbocycles. The summed E-state index contributed by atoms with van der Waals surface area (Å²) in [5.41, 5.74) is 1.83. The normalized spacial score (nSPS) is 12.4. The standard InChI is InChI=1S/C8H15N5O2S/c1-3-13-7(15)11-12-8(13)16-5(2)4-6(14)10-9/h5H,3-4,9H2,1-2H3,(H,10,14)(H,11,15). The van der Waals surface area contributed by atoms with E-state index in [0.717, 1.165) is 0 Å². The zero-order chi connectivity index (χ0) is 12.1. The second-order valence-electron chi connectivity index (χ2n) is 3.26. The first-order valence-corrected chi connectivity index (χ1v) is 5.77. The molecule has 1 amide bonds. The Morgan fingerprint density at radius 3 is 3.00 bits per heavy atom. The van der Waals surface area contributed by atoms with E-state index in [9.17, 15) is 9.59 Å². The van der Waals surface area contributed by atoms with Crippen molar-refractivity contribution in [3.63, 3.8) is 0 Å². The zero-order valence-corrected chi connectivity index (χ0v) is 10.0. The van der Waals surface area contributed by atoms with Crippen LogP contribution in [0, 0.1) is 0 Å². The topological polar surface area (TPSA) is 106 Å². The van der Waals surface area contributed by atoms with E-state index in [-0.39, 0.29) is 23.3 Å². The third-order valence-electron chi connectivity index (χ3n) is 1.98. The molecule has 1 atom stereocenters. The number of thioether (sulfide) groups is 1. The van der Waals surface area contributed by atoms with Gasteiger partial charge in [0.25, 0.3) is 0 Å². The smallest absolute Gasteiger partial charge is 0.294 e. The number of rotatable bonds is 5. The maximum atomic E-state index is 11.3. The van der Waals surface area contributed by atoms with Crippen molar-refractivity contribution in [2.45, 2.75) is 37.2 Å². The van der Waals surface area contributed by atoms with E-state index in [4.69, 9.17) is 5.84 Å². The van der Waals surface area contributed by atoms with E-state index in [1.807, 2.05) is 13.8 Å². The molecule has 0 saturated heterocycles. The SMILES string of the molecule is CCn1c(SC(C)CC(=O)NN)n[nH]c1=O. The van der Waals surface area contributed by atoms with Gasteiger partial charge in [-0.05, 0) is 6.92 Å². The Bertz CT molecular complexity index is 413. The monoisotopic (exact) mass is 245 g/mol. The lowest BCUT2D eigenvalue weighted by Gasteiger charge is -2.09. The summed E-state index contributed by atoms with van der Waals surface area (Å²) >= 11 is 1.36. The predicted molar refractivity (Wildman–Crippen MR) is 60.8 cm³/mol. The molecule has 0 fully saturated rings. The highest BCUT2D eigenvalue weighted by Gasteiger charge is 2.14. The van der Waals surface area contributed by atoms with E-state index in [0.29, 0.717) is 11.7 Å².